The van der Waals surface area contributed by atoms with E-state index in [4.69, 9.17) is 16.3 Å². The Morgan fingerprint density at radius 3 is 2.72 bits per heavy atom. The topological polar surface area (TPSA) is 59.4 Å². The largest absolute Gasteiger partial charge is 0.441 e. The molecule has 7 heteroatoms. The molecule has 0 bridgehead atoms. The lowest BCUT2D eigenvalue weighted by molar-refractivity contribution is -0.0684. The highest BCUT2D eigenvalue weighted by atomic mass is 35.5. The average molecular weight is 415 g/mol. The van der Waals surface area contributed by atoms with Crippen LogP contribution in [0.4, 0.5) is 4.79 Å². The maximum Gasteiger partial charge on any atom is 0.407 e. The van der Waals surface area contributed by atoms with Crippen molar-refractivity contribution in [3.63, 3.8) is 0 Å². The van der Waals surface area contributed by atoms with E-state index >= 15 is 0 Å². The fourth-order valence-electron chi connectivity index (χ4n) is 5.61. The lowest BCUT2D eigenvalue weighted by Crippen LogP contribution is -2.52. The summed E-state index contributed by atoms with van der Waals surface area (Å²) in [5.41, 5.74) is 3.47. The second-order valence-corrected chi connectivity index (χ2v) is 9.69. The molecule has 1 atom stereocenters. The highest BCUT2D eigenvalue weighted by molar-refractivity contribution is 6.31. The Kier molecular flexibility index (Phi) is 4.23. The number of carbonyl (C=O) groups is 1. The first kappa shape index (κ1) is 18.9. The van der Waals surface area contributed by atoms with E-state index in [1.807, 2.05) is 11.7 Å². The zero-order valence-electron chi connectivity index (χ0n) is 17.1. The van der Waals surface area contributed by atoms with E-state index in [2.05, 4.69) is 53.4 Å². The Morgan fingerprint density at radius 1 is 1.31 bits per heavy atom. The van der Waals surface area contributed by atoms with Crippen LogP contribution in [0.3, 0.4) is 0 Å². The Balaban J connectivity index is 1.42. The molecule has 1 N–H and O–H groups in total. The SMILES string of the molecule is Cn1ncc(Cl)c1CC1c2ccccc2C(C)(C)N1CC1CC2(CNC(=O)O2)C1. The van der Waals surface area contributed by atoms with Crippen molar-refractivity contribution in [1.29, 1.82) is 0 Å². The van der Waals surface area contributed by atoms with Crippen molar-refractivity contribution in [3.05, 3.63) is 52.3 Å². The van der Waals surface area contributed by atoms with Gasteiger partial charge in [-0.1, -0.05) is 35.9 Å². The number of carbonyl (C=O) groups excluding carboxylic acids is 1. The molecule has 3 heterocycles. The van der Waals surface area contributed by atoms with E-state index in [9.17, 15) is 4.79 Å². The van der Waals surface area contributed by atoms with Gasteiger partial charge >= 0.3 is 6.09 Å². The van der Waals surface area contributed by atoms with Crippen LogP contribution in [0.1, 0.15) is 49.6 Å². The number of hydrogen-bond donors (Lipinski definition) is 1. The Hall–Kier alpha value is -2.05. The van der Waals surface area contributed by atoms with Gasteiger partial charge in [0, 0.05) is 31.6 Å². The number of rotatable bonds is 4. The zero-order valence-corrected chi connectivity index (χ0v) is 17.9. The predicted molar refractivity (Wildman–Crippen MR) is 111 cm³/mol. The fraction of sp³-hybridized carbons (Fsp3) is 0.545. The maximum absolute atomic E-state index is 11.5. The van der Waals surface area contributed by atoms with Crippen LogP contribution in [0.5, 0.6) is 0 Å². The van der Waals surface area contributed by atoms with Crippen molar-refractivity contribution in [2.75, 3.05) is 13.1 Å². The van der Waals surface area contributed by atoms with Gasteiger partial charge in [0.15, 0.2) is 0 Å². The molecule has 1 spiro atoms. The van der Waals surface area contributed by atoms with Crippen molar-refractivity contribution in [3.8, 4) is 0 Å². The quantitative estimate of drug-likeness (QED) is 0.826. The second-order valence-electron chi connectivity index (χ2n) is 9.28. The van der Waals surface area contributed by atoms with Crippen LogP contribution in [-0.2, 0) is 23.7 Å². The summed E-state index contributed by atoms with van der Waals surface area (Å²) in [7, 11) is 1.95. The van der Waals surface area contributed by atoms with Crippen molar-refractivity contribution in [2.24, 2.45) is 13.0 Å². The van der Waals surface area contributed by atoms with Gasteiger partial charge in [-0.2, -0.15) is 5.10 Å². The van der Waals surface area contributed by atoms with Crippen LogP contribution in [0.2, 0.25) is 5.02 Å². The molecular weight excluding hydrogens is 388 g/mol. The lowest BCUT2D eigenvalue weighted by Gasteiger charge is -2.47. The van der Waals surface area contributed by atoms with Gasteiger partial charge in [0.1, 0.15) is 5.60 Å². The third-order valence-corrected chi connectivity index (χ3v) is 7.43. The normalized spacial score (nSPS) is 30.1. The molecule has 29 heavy (non-hydrogen) atoms. The summed E-state index contributed by atoms with van der Waals surface area (Å²) < 4.78 is 7.42. The first-order valence-corrected chi connectivity index (χ1v) is 10.7. The van der Waals surface area contributed by atoms with Crippen LogP contribution < -0.4 is 5.32 Å². The third-order valence-electron chi connectivity index (χ3n) is 7.11. The molecule has 2 fully saturated rings. The van der Waals surface area contributed by atoms with Crippen LogP contribution >= 0.6 is 11.6 Å². The Bertz CT molecular complexity index is 944. The van der Waals surface area contributed by atoms with Gasteiger partial charge in [-0.15, -0.1) is 0 Å². The van der Waals surface area contributed by atoms with Crippen LogP contribution in [0, 0.1) is 5.92 Å². The minimum Gasteiger partial charge on any atom is -0.441 e. The summed E-state index contributed by atoms with van der Waals surface area (Å²) in [6.07, 6.45) is 4.12. The number of alkyl carbamates (subject to hydrolysis) is 1. The number of fused-ring (bicyclic) bond motifs is 1. The number of halogens is 1. The van der Waals surface area contributed by atoms with Crippen LogP contribution in [0.25, 0.3) is 0 Å². The van der Waals surface area contributed by atoms with Gasteiger partial charge in [-0.25, -0.2) is 4.79 Å². The summed E-state index contributed by atoms with van der Waals surface area (Å²) in [4.78, 5) is 14.1. The standard InChI is InChI=1S/C22H27ClN4O2/c1-21(2)16-7-5-4-6-15(16)18(8-19-17(23)11-25-26(19)3)27(21)12-14-9-22(10-14)13-24-20(28)29-22/h4-7,11,14,18H,8-10,12-13H2,1-3H3,(H,24,28). The van der Waals surface area contributed by atoms with E-state index < -0.39 is 0 Å². The van der Waals surface area contributed by atoms with E-state index in [-0.39, 0.29) is 23.3 Å². The van der Waals surface area contributed by atoms with E-state index in [0.29, 0.717) is 12.5 Å². The van der Waals surface area contributed by atoms with E-state index in [1.54, 1.807) is 6.20 Å². The number of aromatic nitrogens is 2. The number of benzene rings is 1. The number of aryl methyl sites for hydroxylation is 1. The fourth-order valence-corrected chi connectivity index (χ4v) is 5.85. The number of nitrogens with zero attached hydrogens (tertiary/aromatic N) is 3. The average Bonchev–Trinajstić information content (AvgIpc) is 3.26. The number of nitrogens with one attached hydrogen (secondary N) is 1. The monoisotopic (exact) mass is 414 g/mol. The van der Waals surface area contributed by atoms with Crippen molar-refractivity contribution in [1.82, 2.24) is 20.0 Å². The molecule has 1 amide bonds. The van der Waals surface area contributed by atoms with Gasteiger partial charge in [0.05, 0.1) is 23.5 Å². The molecule has 5 rings (SSSR count). The van der Waals surface area contributed by atoms with Crippen molar-refractivity contribution in [2.45, 2.75) is 50.3 Å². The molecule has 1 unspecified atom stereocenters. The molecule has 1 saturated carbocycles. The van der Waals surface area contributed by atoms with Gasteiger partial charge in [-0.3, -0.25) is 9.58 Å². The van der Waals surface area contributed by atoms with Crippen molar-refractivity contribution < 1.29 is 9.53 Å². The molecule has 2 aliphatic heterocycles. The molecule has 154 valence electrons. The summed E-state index contributed by atoms with van der Waals surface area (Å²) >= 11 is 6.45. The molecular formula is C22H27ClN4O2. The molecule has 3 aliphatic rings. The molecule has 1 aromatic carbocycles. The summed E-state index contributed by atoms with van der Waals surface area (Å²) in [6, 6.07) is 8.99. The first-order valence-electron chi connectivity index (χ1n) is 10.3. The van der Waals surface area contributed by atoms with Crippen LogP contribution in [0.15, 0.2) is 30.5 Å². The highest BCUT2D eigenvalue weighted by Crippen LogP contribution is 2.51. The minimum absolute atomic E-state index is 0.0698. The summed E-state index contributed by atoms with van der Waals surface area (Å²) in [5, 5.41) is 7.86. The van der Waals surface area contributed by atoms with Gasteiger partial charge in [0.25, 0.3) is 0 Å². The number of ether oxygens (including phenoxy) is 1. The van der Waals surface area contributed by atoms with Gasteiger partial charge < -0.3 is 10.1 Å². The van der Waals surface area contributed by atoms with Gasteiger partial charge in [-0.05, 0) is 43.7 Å². The molecule has 0 radical (unpaired) electrons. The zero-order chi connectivity index (χ0) is 20.4. The summed E-state index contributed by atoms with van der Waals surface area (Å²) in [5.74, 6) is 0.515. The van der Waals surface area contributed by atoms with Crippen LogP contribution in [-0.4, -0.2) is 39.5 Å². The Labute approximate surface area is 176 Å². The Morgan fingerprint density at radius 2 is 2.07 bits per heavy atom. The molecule has 1 aliphatic carbocycles. The number of amides is 1. The van der Waals surface area contributed by atoms with E-state index in [0.717, 1.165) is 36.5 Å². The predicted octanol–water partition coefficient (Wildman–Crippen LogP) is 3.80. The molecule has 1 aromatic heterocycles. The number of hydrogen-bond acceptors (Lipinski definition) is 4. The smallest absolute Gasteiger partial charge is 0.407 e. The third kappa shape index (κ3) is 2.96. The van der Waals surface area contributed by atoms with E-state index in [1.165, 1.54) is 11.1 Å². The lowest BCUT2D eigenvalue weighted by atomic mass is 9.70. The molecule has 2 aromatic rings. The first-order chi connectivity index (χ1) is 13.8. The minimum atomic E-state index is -0.278. The second kappa shape index (κ2) is 6.47. The molecule has 6 nitrogen and oxygen atoms in total. The maximum atomic E-state index is 11.5. The summed E-state index contributed by atoms with van der Waals surface area (Å²) in [6.45, 7) is 6.23. The highest BCUT2D eigenvalue weighted by Gasteiger charge is 2.53. The van der Waals surface area contributed by atoms with Gasteiger partial charge in [0.2, 0.25) is 0 Å². The molecule has 1 saturated heterocycles. The van der Waals surface area contributed by atoms with Crippen molar-refractivity contribution >= 4 is 17.7 Å².